The number of carbonyl (C=O) groups excluding carboxylic acids is 2. The standard InChI is InChI=1S/C17H19N3O4/c1-3-19-15(21)17-8-18(2)7-12(17)11-5-14-13(23-9-24-14)4-10(11)6-20(17)16(19)22/h4-5,12H,3,6-9H2,1-2H3/t12-,17-/m1/s1. The lowest BCUT2D eigenvalue weighted by atomic mass is 9.75. The van der Waals surface area contributed by atoms with Gasteiger partial charge in [-0.05, 0) is 37.2 Å². The van der Waals surface area contributed by atoms with Gasteiger partial charge in [0.15, 0.2) is 11.5 Å². The number of fused-ring (bicyclic) bond motifs is 3. The maximum absolute atomic E-state index is 13.2. The maximum atomic E-state index is 13.2. The van der Waals surface area contributed by atoms with Crippen molar-refractivity contribution in [3.05, 3.63) is 23.3 Å². The highest BCUT2D eigenvalue weighted by Gasteiger charge is 2.66. The number of hydrogen-bond acceptors (Lipinski definition) is 5. The van der Waals surface area contributed by atoms with Crippen LogP contribution in [0.3, 0.4) is 0 Å². The summed E-state index contributed by atoms with van der Waals surface area (Å²) >= 11 is 0. The van der Waals surface area contributed by atoms with Crippen LogP contribution >= 0.6 is 0 Å². The normalized spacial score (nSPS) is 30.7. The van der Waals surface area contributed by atoms with E-state index in [-0.39, 0.29) is 24.6 Å². The van der Waals surface area contributed by atoms with Gasteiger partial charge in [0.05, 0.1) is 0 Å². The molecule has 0 aromatic heterocycles. The number of urea groups is 1. The Bertz CT molecular complexity index is 779. The summed E-state index contributed by atoms with van der Waals surface area (Å²) in [6.45, 7) is 4.25. The molecule has 1 spiro atoms. The minimum absolute atomic E-state index is 0.0336. The van der Waals surface area contributed by atoms with Crippen molar-refractivity contribution in [3.63, 3.8) is 0 Å². The summed E-state index contributed by atoms with van der Waals surface area (Å²) in [5.74, 6) is 1.36. The van der Waals surface area contributed by atoms with Gasteiger partial charge >= 0.3 is 6.03 Å². The molecular formula is C17H19N3O4. The highest BCUT2D eigenvalue weighted by molar-refractivity contribution is 6.08. The third-order valence-corrected chi connectivity index (χ3v) is 5.80. The fourth-order valence-corrected chi connectivity index (χ4v) is 4.77. The molecule has 1 aromatic rings. The average molecular weight is 329 g/mol. The zero-order chi connectivity index (χ0) is 16.6. The van der Waals surface area contributed by atoms with Gasteiger partial charge in [0.2, 0.25) is 6.79 Å². The number of carbonyl (C=O) groups is 2. The van der Waals surface area contributed by atoms with Gasteiger partial charge in [0, 0.05) is 32.1 Å². The average Bonchev–Trinajstić information content (AvgIpc) is 3.20. The molecule has 126 valence electrons. The Morgan fingerprint density at radius 2 is 2.00 bits per heavy atom. The number of likely N-dealkylation sites (tertiary alicyclic amines) is 1. The maximum Gasteiger partial charge on any atom is 0.328 e. The first-order valence-corrected chi connectivity index (χ1v) is 8.30. The van der Waals surface area contributed by atoms with Crippen LogP contribution in [0.15, 0.2) is 12.1 Å². The topological polar surface area (TPSA) is 62.3 Å². The highest BCUT2D eigenvalue weighted by Crippen LogP contribution is 2.52. The molecule has 4 aliphatic heterocycles. The molecule has 0 aliphatic carbocycles. The summed E-state index contributed by atoms with van der Waals surface area (Å²) in [4.78, 5) is 31.3. The van der Waals surface area contributed by atoms with E-state index >= 15 is 0 Å². The third-order valence-electron chi connectivity index (χ3n) is 5.80. The molecule has 2 saturated heterocycles. The molecule has 1 aromatic carbocycles. The van der Waals surface area contributed by atoms with Crippen molar-refractivity contribution >= 4 is 11.9 Å². The molecule has 0 N–H and O–H groups in total. The van der Waals surface area contributed by atoms with Gasteiger partial charge in [-0.3, -0.25) is 9.69 Å². The van der Waals surface area contributed by atoms with E-state index < -0.39 is 5.54 Å². The van der Waals surface area contributed by atoms with Crippen LogP contribution in [-0.4, -0.2) is 65.7 Å². The second-order valence-electron chi connectivity index (χ2n) is 7.00. The van der Waals surface area contributed by atoms with Crippen LogP contribution in [0.4, 0.5) is 4.79 Å². The highest BCUT2D eigenvalue weighted by atomic mass is 16.7. The second-order valence-corrected chi connectivity index (χ2v) is 7.00. The van der Waals surface area contributed by atoms with Crippen molar-refractivity contribution in [1.29, 1.82) is 0 Å². The number of hydrogen-bond donors (Lipinski definition) is 0. The Balaban J connectivity index is 1.71. The molecule has 5 rings (SSSR count). The first-order valence-electron chi connectivity index (χ1n) is 8.30. The smallest absolute Gasteiger partial charge is 0.328 e. The number of rotatable bonds is 1. The lowest BCUT2D eigenvalue weighted by molar-refractivity contribution is -0.133. The van der Waals surface area contributed by atoms with Crippen LogP contribution in [0, 0.1) is 0 Å². The third kappa shape index (κ3) is 1.46. The Morgan fingerprint density at radius 3 is 2.75 bits per heavy atom. The summed E-state index contributed by atoms with van der Waals surface area (Å²) in [6, 6.07) is 3.80. The van der Waals surface area contributed by atoms with E-state index in [4.69, 9.17) is 9.47 Å². The zero-order valence-electron chi connectivity index (χ0n) is 13.7. The van der Waals surface area contributed by atoms with Gasteiger partial charge in [0.1, 0.15) is 5.54 Å². The molecule has 4 heterocycles. The van der Waals surface area contributed by atoms with Crippen LogP contribution in [0.2, 0.25) is 0 Å². The van der Waals surface area contributed by atoms with Crippen molar-refractivity contribution in [2.75, 3.05) is 33.5 Å². The SMILES string of the molecule is CCN1C(=O)N2Cc3cc4c(cc3[C@H]3CN(C)C[C@]32C1=O)OCO4. The number of benzene rings is 1. The first-order chi connectivity index (χ1) is 11.6. The van der Waals surface area contributed by atoms with E-state index in [1.807, 2.05) is 26.1 Å². The predicted molar refractivity (Wildman–Crippen MR) is 83.9 cm³/mol. The summed E-state index contributed by atoms with van der Waals surface area (Å²) in [5, 5.41) is 0. The number of nitrogens with zero attached hydrogens (tertiary/aromatic N) is 3. The molecule has 2 atom stereocenters. The minimum Gasteiger partial charge on any atom is -0.454 e. The molecular weight excluding hydrogens is 310 g/mol. The van der Waals surface area contributed by atoms with Crippen molar-refractivity contribution in [2.24, 2.45) is 0 Å². The summed E-state index contributed by atoms with van der Waals surface area (Å²) in [5.41, 5.74) is 1.39. The van der Waals surface area contributed by atoms with Crippen LogP contribution in [0.5, 0.6) is 11.5 Å². The molecule has 3 amide bonds. The lowest BCUT2D eigenvalue weighted by Crippen LogP contribution is -2.56. The molecule has 4 aliphatic rings. The Morgan fingerprint density at radius 1 is 1.25 bits per heavy atom. The van der Waals surface area contributed by atoms with Gasteiger partial charge in [-0.2, -0.15) is 0 Å². The quantitative estimate of drug-likeness (QED) is 0.719. The number of likely N-dealkylation sites (N-methyl/N-ethyl adjacent to an activating group) is 2. The van der Waals surface area contributed by atoms with E-state index in [0.29, 0.717) is 19.6 Å². The van der Waals surface area contributed by atoms with Gasteiger partial charge in [-0.25, -0.2) is 4.79 Å². The molecule has 7 heteroatoms. The van der Waals surface area contributed by atoms with E-state index in [9.17, 15) is 9.59 Å². The van der Waals surface area contributed by atoms with Crippen molar-refractivity contribution in [3.8, 4) is 11.5 Å². The zero-order valence-corrected chi connectivity index (χ0v) is 13.7. The first kappa shape index (κ1) is 14.1. The van der Waals surface area contributed by atoms with Gasteiger partial charge in [0.25, 0.3) is 5.91 Å². The molecule has 0 radical (unpaired) electrons. The summed E-state index contributed by atoms with van der Waals surface area (Å²) in [7, 11) is 2.00. The van der Waals surface area contributed by atoms with Gasteiger partial charge in [-0.1, -0.05) is 0 Å². The predicted octanol–water partition coefficient (Wildman–Crippen LogP) is 0.981. The fourth-order valence-electron chi connectivity index (χ4n) is 4.77. The van der Waals surface area contributed by atoms with Crippen molar-refractivity contribution in [2.45, 2.75) is 24.9 Å². The molecule has 2 fully saturated rings. The fraction of sp³-hybridized carbons (Fsp3) is 0.529. The Labute approximate surface area is 139 Å². The molecule has 0 bridgehead atoms. The molecule has 0 saturated carbocycles. The monoisotopic (exact) mass is 329 g/mol. The number of imide groups is 1. The van der Waals surface area contributed by atoms with Gasteiger partial charge < -0.3 is 19.3 Å². The van der Waals surface area contributed by atoms with Crippen LogP contribution in [-0.2, 0) is 11.3 Å². The van der Waals surface area contributed by atoms with E-state index in [1.165, 1.54) is 4.90 Å². The summed E-state index contributed by atoms with van der Waals surface area (Å²) < 4.78 is 11.0. The van der Waals surface area contributed by atoms with E-state index in [1.54, 1.807) is 4.90 Å². The van der Waals surface area contributed by atoms with E-state index in [2.05, 4.69) is 4.90 Å². The largest absolute Gasteiger partial charge is 0.454 e. The van der Waals surface area contributed by atoms with Crippen molar-refractivity contribution in [1.82, 2.24) is 14.7 Å². The van der Waals surface area contributed by atoms with E-state index in [0.717, 1.165) is 29.2 Å². The second kappa shape index (κ2) is 4.42. The van der Waals surface area contributed by atoms with Crippen LogP contribution < -0.4 is 9.47 Å². The van der Waals surface area contributed by atoms with Crippen LogP contribution in [0.1, 0.15) is 24.0 Å². The Kier molecular flexibility index (Phi) is 2.59. The molecule has 24 heavy (non-hydrogen) atoms. The Hall–Kier alpha value is -2.28. The molecule has 0 unspecified atom stereocenters. The van der Waals surface area contributed by atoms with Crippen molar-refractivity contribution < 1.29 is 19.1 Å². The number of ether oxygens (including phenoxy) is 2. The lowest BCUT2D eigenvalue weighted by Gasteiger charge is -2.41. The van der Waals surface area contributed by atoms with Gasteiger partial charge in [-0.15, -0.1) is 0 Å². The van der Waals surface area contributed by atoms with Crippen LogP contribution in [0.25, 0.3) is 0 Å². The summed E-state index contributed by atoms with van der Waals surface area (Å²) in [6.07, 6.45) is 0. The minimum atomic E-state index is -0.775. The number of amides is 3. The molecule has 7 nitrogen and oxygen atoms in total.